The number of rotatable bonds is 3. The molecule has 1 aliphatic heterocycles. The maximum absolute atomic E-state index is 5.74. The van der Waals surface area contributed by atoms with Crippen LogP contribution in [0.1, 0.15) is 39.0 Å². The lowest BCUT2D eigenvalue weighted by atomic mass is 9.90. The molecule has 1 atom stereocenters. The van der Waals surface area contributed by atoms with E-state index >= 15 is 0 Å². The molecule has 0 aromatic carbocycles. The standard InChI is InChI=1S/C13H26N2O/c1-3-13-10-15(8-9-16-13)12-6-4-11(14-2)5-7-12/h11-14H,3-10H2,1-2H3. The van der Waals surface area contributed by atoms with Crippen LogP contribution in [0.4, 0.5) is 0 Å². The Labute approximate surface area is 99.5 Å². The molecule has 0 bridgehead atoms. The summed E-state index contributed by atoms with van der Waals surface area (Å²) >= 11 is 0. The Morgan fingerprint density at radius 3 is 2.62 bits per heavy atom. The summed E-state index contributed by atoms with van der Waals surface area (Å²) in [6, 6.07) is 1.59. The van der Waals surface area contributed by atoms with Crippen LogP contribution in [-0.4, -0.2) is 49.8 Å². The van der Waals surface area contributed by atoms with E-state index in [0.29, 0.717) is 6.10 Å². The van der Waals surface area contributed by atoms with Gasteiger partial charge in [-0.15, -0.1) is 0 Å². The van der Waals surface area contributed by atoms with Gasteiger partial charge in [0.2, 0.25) is 0 Å². The van der Waals surface area contributed by atoms with Crippen molar-refractivity contribution in [1.82, 2.24) is 10.2 Å². The van der Waals surface area contributed by atoms with Gasteiger partial charge in [0, 0.05) is 25.2 Å². The molecule has 1 saturated heterocycles. The monoisotopic (exact) mass is 226 g/mol. The van der Waals surface area contributed by atoms with Crippen LogP contribution in [0.25, 0.3) is 0 Å². The third-order valence-electron chi connectivity index (χ3n) is 4.25. The van der Waals surface area contributed by atoms with Gasteiger partial charge in [-0.2, -0.15) is 0 Å². The fourth-order valence-corrected chi connectivity index (χ4v) is 3.05. The van der Waals surface area contributed by atoms with Gasteiger partial charge in [0.25, 0.3) is 0 Å². The van der Waals surface area contributed by atoms with Crippen molar-refractivity contribution >= 4 is 0 Å². The van der Waals surface area contributed by atoms with Gasteiger partial charge in [0.1, 0.15) is 0 Å². The van der Waals surface area contributed by atoms with E-state index in [0.717, 1.165) is 38.2 Å². The third kappa shape index (κ3) is 2.96. The minimum Gasteiger partial charge on any atom is -0.376 e. The molecule has 94 valence electrons. The lowest BCUT2D eigenvalue weighted by Crippen LogP contribution is -2.49. The molecule has 0 spiro atoms. The van der Waals surface area contributed by atoms with Crippen molar-refractivity contribution in [3.8, 4) is 0 Å². The average molecular weight is 226 g/mol. The van der Waals surface area contributed by atoms with E-state index in [1.54, 1.807) is 0 Å². The van der Waals surface area contributed by atoms with E-state index in [1.165, 1.54) is 25.7 Å². The van der Waals surface area contributed by atoms with E-state index in [2.05, 4.69) is 24.2 Å². The molecule has 16 heavy (non-hydrogen) atoms. The van der Waals surface area contributed by atoms with Gasteiger partial charge in [-0.25, -0.2) is 0 Å². The molecule has 1 aliphatic carbocycles. The van der Waals surface area contributed by atoms with Crippen molar-refractivity contribution in [2.45, 2.75) is 57.2 Å². The largest absolute Gasteiger partial charge is 0.376 e. The van der Waals surface area contributed by atoms with Crippen LogP contribution in [0.2, 0.25) is 0 Å². The quantitative estimate of drug-likeness (QED) is 0.791. The van der Waals surface area contributed by atoms with E-state index in [9.17, 15) is 0 Å². The number of hydrogen-bond donors (Lipinski definition) is 1. The number of hydrogen-bond acceptors (Lipinski definition) is 3. The summed E-state index contributed by atoms with van der Waals surface area (Å²) in [5.41, 5.74) is 0. The van der Waals surface area contributed by atoms with Crippen LogP contribution >= 0.6 is 0 Å². The maximum atomic E-state index is 5.74. The normalized spacial score (nSPS) is 37.5. The van der Waals surface area contributed by atoms with Gasteiger partial charge < -0.3 is 10.1 Å². The first-order valence-corrected chi connectivity index (χ1v) is 6.86. The van der Waals surface area contributed by atoms with Crippen molar-refractivity contribution in [1.29, 1.82) is 0 Å². The molecule has 3 nitrogen and oxygen atoms in total. The molecule has 1 N–H and O–H groups in total. The van der Waals surface area contributed by atoms with Crippen molar-refractivity contribution in [3.05, 3.63) is 0 Å². The summed E-state index contributed by atoms with van der Waals surface area (Å²) in [6.07, 6.45) is 7.05. The lowest BCUT2D eigenvalue weighted by Gasteiger charge is -2.41. The van der Waals surface area contributed by atoms with Crippen LogP contribution in [0.5, 0.6) is 0 Å². The molecule has 1 unspecified atom stereocenters. The highest BCUT2D eigenvalue weighted by molar-refractivity contribution is 4.84. The summed E-state index contributed by atoms with van der Waals surface area (Å²) in [6.45, 7) is 5.47. The van der Waals surface area contributed by atoms with E-state index in [1.807, 2.05) is 0 Å². The first-order chi connectivity index (χ1) is 7.83. The highest BCUT2D eigenvalue weighted by atomic mass is 16.5. The first kappa shape index (κ1) is 12.3. The van der Waals surface area contributed by atoms with Gasteiger partial charge in [-0.1, -0.05) is 6.92 Å². The first-order valence-electron chi connectivity index (χ1n) is 6.86. The van der Waals surface area contributed by atoms with Crippen molar-refractivity contribution in [2.24, 2.45) is 0 Å². The summed E-state index contributed by atoms with van der Waals surface area (Å²) in [4.78, 5) is 2.67. The number of nitrogens with one attached hydrogen (secondary N) is 1. The number of nitrogens with zero attached hydrogens (tertiary/aromatic N) is 1. The zero-order valence-corrected chi connectivity index (χ0v) is 10.7. The molecule has 0 radical (unpaired) electrons. The van der Waals surface area contributed by atoms with Crippen molar-refractivity contribution < 1.29 is 4.74 Å². The van der Waals surface area contributed by atoms with Gasteiger partial charge in [-0.3, -0.25) is 4.90 Å². The molecule has 2 fully saturated rings. The van der Waals surface area contributed by atoms with Crippen LogP contribution in [-0.2, 0) is 4.74 Å². The molecule has 1 heterocycles. The average Bonchev–Trinajstić information content (AvgIpc) is 2.39. The molecule has 2 rings (SSSR count). The fraction of sp³-hybridized carbons (Fsp3) is 1.00. The SMILES string of the molecule is CCC1CN(C2CCC(NC)CC2)CCO1. The summed E-state index contributed by atoms with van der Waals surface area (Å²) < 4.78 is 5.74. The Bertz CT molecular complexity index is 202. The van der Waals surface area contributed by atoms with Crippen molar-refractivity contribution in [3.63, 3.8) is 0 Å². The minimum absolute atomic E-state index is 0.482. The second-order valence-electron chi connectivity index (χ2n) is 5.19. The zero-order chi connectivity index (χ0) is 11.4. The summed E-state index contributed by atoms with van der Waals surface area (Å²) in [5.74, 6) is 0. The van der Waals surface area contributed by atoms with Crippen LogP contribution in [0.15, 0.2) is 0 Å². The maximum Gasteiger partial charge on any atom is 0.0700 e. The molecule has 1 saturated carbocycles. The Hall–Kier alpha value is -0.120. The topological polar surface area (TPSA) is 24.5 Å². The van der Waals surface area contributed by atoms with Gasteiger partial charge in [0.15, 0.2) is 0 Å². The lowest BCUT2D eigenvalue weighted by molar-refractivity contribution is -0.0500. The Kier molecular flexibility index (Phi) is 4.62. The number of morpholine rings is 1. The fourth-order valence-electron chi connectivity index (χ4n) is 3.05. The van der Waals surface area contributed by atoms with Crippen molar-refractivity contribution in [2.75, 3.05) is 26.7 Å². The summed E-state index contributed by atoms with van der Waals surface area (Å²) in [7, 11) is 2.09. The molecule has 2 aliphatic rings. The van der Waals surface area contributed by atoms with Gasteiger partial charge >= 0.3 is 0 Å². The second kappa shape index (κ2) is 5.99. The number of ether oxygens (including phenoxy) is 1. The van der Waals surface area contributed by atoms with Crippen LogP contribution in [0.3, 0.4) is 0 Å². The second-order valence-corrected chi connectivity index (χ2v) is 5.19. The smallest absolute Gasteiger partial charge is 0.0700 e. The Balaban J connectivity index is 1.79. The predicted molar refractivity (Wildman–Crippen MR) is 66.7 cm³/mol. The highest BCUT2D eigenvalue weighted by Crippen LogP contribution is 2.24. The van der Waals surface area contributed by atoms with E-state index < -0.39 is 0 Å². The zero-order valence-electron chi connectivity index (χ0n) is 10.7. The van der Waals surface area contributed by atoms with Crippen LogP contribution < -0.4 is 5.32 Å². The van der Waals surface area contributed by atoms with Gasteiger partial charge in [-0.05, 0) is 39.2 Å². The molecule has 3 heteroatoms. The summed E-state index contributed by atoms with van der Waals surface area (Å²) in [5, 5.41) is 3.40. The minimum atomic E-state index is 0.482. The molecular formula is C13H26N2O. The van der Waals surface area contributed by atoms with E-state index in [4.69, 9.17) is 4.74 Å². The molecule has 0 aromatic heterocycles. The molecule has 0 amide bonds. The third-order valence-corrected chi connectivity index (χ3v) is 4.25. The molecule has 0 aromatic rings. The predicted octanol–water partition coefficient (Wildman–Crippen LogP) is 1.63. The Morgan fingerprint density at radius 2 is 2.00 bits per heavy atom. The highest BCUT2D eigenvalue weighted by Gasteiger charge is 2.28. The van der Waals surface area contributed by atoms with E-state index in [-0.39, 0.29) is 0 Å². The molecular weight excluding hydrogens is 200 g/mol. The van der Waals surface area contributed by atoms with Crippen LogP contribution in [0, 0.1) is 0 Å². The Morgan fingerprint density at radius 1 is 1.25 bits per heavy atom. The van der Waals surface area contributed by atoms with Gasteiger partial charge in [0.05, 0.1) is 12.7 Å².